The first kappa shape index (κ1) is 19.1. The third-order valence-electron chi connectivity index (χ3n) is 6.09. The number of fused-ring (bicyclic) bond motifs is 1. The second kappa shape index (κ2) is 9.33. The van der Waals surface area contributed by atoms with Crippen molar-refractivity contribution in [2.45, 2.75) is 32.1 Å². The van der Waals surface area contributed by atoms with Gasteiger partial charge in [0.1, 0.15) is 5.75 Å². The van der Waals surface area contributed by atoms with Crippen LogP contribution in [0.3, 0.4) is 0 Å². The average molecular weight is 380 g/mol. The van der Waals surface area contributed by atoms with Gasteiger partial charge in [0.15, 0.2) is 0 Å². The smallest absolute Gasteiger partial charge is 0.142 e. The molecule has 150 valence electrons. The lowest BCUT2D eigenvalue weighted by molar-refractivity contribution is 0.250. The van der Waals surface area contributed by atoms with E-state index in [0.29, 0.717) is 5.92 Å². The summed E-state index contributed by atoms with van der Waals surface area (Å²) in [6, 6.07) is 17.2. The molecular weight excluding hydrogens is 346 g/mol. The maximum Gasteiger partial charge on any atom is 0.142 e. The molecule has 4 nitrogen and oxygen atoms in total. The zero-order chi connectivity index (χ0) is 19.2. The SMILES string of the molecule is CCOc1ccccc1N1CCN(CCCCC2CNc3ccccc32)CC1. The van der Waals surface area contributed by atoms with E-state index in [9.17, 15) is 0 Å². The Hall–Kier alpha value is -2.20. The third kappa shape index (κ3) is 4.44. The summed E-state index contributed by atoms with van der Waals surface area (Å²) in [7, 11) is 0. The number of nitrogens with one attached hydrogen (secondary N) is 1. The Kier molecular flexibility index (Phi) is 6.38. The number of benzene rings is 2. The molecule has 2 aromatic carbocycles. The van der Waals surface area contributed by atoms with Crippen LogP contribution in [0.1, 0.15) is 37.7 Å². The predicted molar refractivity (Wildman–Crippen MR) is 118 cm³/mol. The average Bonchev–Trinajstić information content (AvgIpc) is 3.16. The first-order valence-corrected chi connectivity index (χ1v) is 10.9. The summed E-state index contributed by atoms with van der Waals surface area (Å²) >= 11 is 0. The first-order chi connectivity index (χ1) is 13.8. The Balaban J connectivity index is 1.19. The van der Waals surface area contributed by atoms with E-state index in [4.69, 9.17) is 4.74 Å². The molecule has 0 spiro atoms. The van der Waals surface area contributed by atoms with Crippen LogP contribution in [-0.2, 0) is 0 Å². The van der Waals surface area contributed by atoms with Crippen LogP contribution in [0, 0.1) is 0 Å². The number of anilines is 2. The van der Waals surface area contributed by atoms with Gasteiger partial charge in [-0.2, -0.15) is 0 Å². The van der Waals surface area contributed by atoms with Crippen LogP contribution in [0.2, 0.25) is 0 Å². The number of hydrogen-bond acceptors (Lipinski definition) is 4. The van der Waals surface area contributed by atoms with Gasteiger partial charge in [-0.25, -0.2) is 0 Å². The van der Waals surface area contributed by atoms with Crippen LogP contribution in [-0.4, -0.2) is 50.8 Å². The van der Waals surface area contributed by atoms with Gasteiger partial charge in [0, 0.05) is 44.3 Å². The highest BCUT2D eigenvalue weighted by atomic mass is 16.5. The molecule has 0 saturated carbocycles. The molecule has 0 aliphatic carbocycles. The van der Waals surface area contributed by atoms with E-state index >= 15 is 0 Å². The highest BCUT2D eigenvalue weighted by molar-refractivity contribution is 5.59. The minimum absolute atomic E-state index is 0.697. The summed E-state index contributed by atoms with van der Waals surface area (Å²) in [5.41, 5.74) is 4.11. The number of nitrogens with zero attached hydrogens (tertiary/aromatic N) is 2. The molecule has 1 unspecified atom stereocenters. The Morgan fingerprint density at radius 2 is 1.75 bits per heavy atom. The van der Waals surface area contributed by atoms with Crippen molar-refractivity contribution in [3.63, 3.8) is 0 Å². The maximum absolute atomic E-state index is 5.81. The van der Waals surface area contributed by atoms with Crippen molar-refractivity contribution in [3.05, 3.63) is 54.1 Å². The molecule has 1 atom stereocenters. The van der Waals surface area contributed by atoms with Gasteiger partial charge in [-0.3, -0.25) is 4.90 Å². The molecule has 0 aromatic heterocycles. The molecule has 28 heavy (non-hydrogen) atoms. The van der Waals surface area contributed by atoms with Crippen molar-refractivity contribution >= 4 is 11.4 Å². The molecule has 1 N–H and O–H groups in total. The summed E-state index contributed by atoms with van der Waals surface area (Å²) < 4.78 is 5.81. The van der Waals surface area contributed by atoms with E-state index in [1.807, 2.05) is 0 Å². The molecule has 2 aromatic rings. The van der Waals surface area contributed by atoms with Gasteiger partial charge in [0.2, 0.25) is 0 Å². The Labute approximate surface area is 169 Å². The summed E-state index contributed by atoms with van der Waals surface area (Å²) in [4.78, 5) is 5.10. The second-order valence-corrected chi connectivity index (χ2v) is 7.89. The molecular formula is C24H33N3O. The summed E-state index contributed by atoms with van der Waals surface area (Å²) in [5.74, 6) is 1.71. The van der Waals surface area contributed by atoms with Gasteiger partial charge in [0.25, 0.3) is 0 Å². The molecule has 1 saturated heterocycles. The fourth-order valence-electron chi connectivity index (χ4n) is 4.55. The summed E-state index contributed by atoms with van der Waals surface area (Å²) in [5, 5.41) is 3.55. The lowest BCUT2D eigenvalue weighted by Crippen LogP contribution is -2.46. The van der Waals surface area contributed by atoms with Crippen molar-refractivity contribution in [2.75, 3.05) is 56.1 Å². The van der Waals surface area contributed by atoms with Gasteiger partial charge in [-0.1, -0.05) is 36.8 Å². The lowest BCUT2D eigenvalue weighted by Gasteiger charge is -2.36. The molecule has 2 aliphatic heterocycles. The molecule has 2 heterocycles. The molecule has 4 rings (SSSR count). The first-order valence-electron chi connectivity index (χ1n) is 10.9. The molecule has 0 radical (unpaired) electrons. The zero-order valence-electron chi connectivity index (χ0n) is 17.1. The van der Waals surface area contributed by atoms with Crippen LogP contribution in [0.4, 0.5) is 11.4 Å². The fraction of sp³-hybridized carbons (Fsp3) is 0.500. The Morgan fingerprint density at radius 3 is 2.61 bits per heavy atom. The highest BCUT2D eigenvalue weighted by Gasteiger charge is 2.22. The van der Waals surface area contributed by atoms with Crippen LogP contribution >= 0.6 is 0 Å². The van der Waals surface area contributed by atoms with Gasteiger partial charge in [-0.15, -0.1) is 0 Å². The number of piperazine rings is 1. The van der Waals surface area contributed by atoms with E-state index in [1.54, 1.807) is 0 Å². The molecule has 0 bridgehead atoms. The normalized spacial score (nSPS) is 19.3. The topological polar surface area (TPSA) is 27.7 Å². The third-order valence-corrected chi connectivity index (χ3v) is 6.09. The van der Waals surface area contributed by atoms with E-state index in [1.165, 1.54) is 42.7 Å². The standard InChI is InChI=1S/C24H33N3O/c1-2-28-24-13-6-5-12-23(24)27-17-15-26(16-18-27)14-8-7-9-20-19-25-22-11-4-3-10-21(20)22/h3-6,10-13,20,25H,2,7-9,14-19H2,1H3. The highest BCUT2D eigenvalue weighted by Crippen LogP contribution is 2.34. The van der Waals surface area contributed by atoms with E-state index < -0.39 is 0 Å². The summed E-state index contributed by atoms with van der Waals surface area (Å²) in [6.45, 7) is 9.57. The van der Waals surface area contributed by atoms with Gasteiger partial charge in [-0.05, 0) is 50.1 Å². The number of para-hydroxylation sites is 3. The number of rotatable bonds is 8. The Morgan fingerprint density at radius 1 is 0.964 bits per heavy atom. The van der Waals surface area contributed by atoms with Gasteiger partial charge in [0.05, 0.1) is 12.3 Å². The van der Waals surface area contributed by atoms with Crippen LogP contribution in [0.5, 0.6) is 5.75 Å². The summed E-state index contributed by atoms with van der Waals surface area (Å²) in [6.07, 6.45) is 3.91. The van der Waals surface area contributed by atoms with Crippen molar-refractivity contribution in [1.82, 2.24) is 4.90 Å². The van der Waals surface area contributed by atoms with E-state index in [0.717, 1.165) is 45.1 Å². The van der Waals surface area contributed by atoms with Crippen molar-refractivity contribution in [2.24, 2.45) is 0 Å². The minimum atomic E-state index is 0.697. The Bertz CT molecular complexity index is 755. The predicted octanol–water partition coefficient (Wildman–Crippen LogP) is 4.59. The fourth-order valence-corrected chi connectivity index (χ4v) is 4.55. The molecule has 1 fully saturated rings. The van der Waals surface area contributed by atoms with Crippen LogP contribution in [0.15, 0.2) is 48.5 Å². The monoisotopic (exact) mass is 379 g/mol. The van der Waals surface area contributed by atoms with Gasteiger partial charge < -0.3 is 15.0 Å². The number of hydrogen-bond donors (Lipinski definition) is 1. The molecule has 0 amide bonds. The minimum Gasteiger partial charge on any atom is -0.492 e. The largest absolute Gasteiger partial charge is 0.492 e. The maximum atomic E-state index is 5.81. The zero-order valence-corrected chi connectivity index (χ0v) is 17.1. The second-order valence-electron chi connectivity index (χ2n) is 7.89. The van der Waals surface area contributed by atoms with Crippen molar-refractivity contribution in [1.29, 1.82) is 0 Å². The van der Waals surface area contributed by atoms with Crippen molar-refractivity contribution < 1.29 is 4.74 Å². The molecule has 2 aliphatic rings. The molecule has 4 heteroatoms. The lowest BCUT2D eigenvalue weighted by atomic mass is 9.95. The number of ether oxygens (including phenoxy) is 1. The quantitative estimate of drug-likeness (QED) is 0.679. The van der Waals surface area contributed by atoms with E-state index in [-0.39, 0.29) is 0 Å². The van der Waals surface area contributed by atoms with Crippen molar-refractivity contribution in [3.8, 4) is 5.75 Å². The number of unbranched alkanes of at least 4 members (excludes halogenated alkanes) is 1. The van der Waals surface area contributed by atoms with Gasteiger partial charge >= 0.3 is 0 Å². The van der Waals surface area contributed by atoms with Crippen LogP contribution in [0.25, 0.3) is 0 Å². The van der Waals surface area contributed by atoms with Crippen LogP contribution < -0.4 is 15.0 Å². The van der Waals surface area contributed by atoms with E-state index in [2.05, 4.69) is 70.6 Å².